The SMILES string of the molecule is CCCc1cc(-c2ccc(CCCOCC3(CC)COC3)cc2)cc(-c2ccc(COCC3(CC)COC3)cc2)c1. The summed E-state index contributed by atoms with van der Waals surface area (Å²) in [6.45, 7) is 13.1. The van der Waals surface area contributed by atoms with Crippen LogP contribution in [-0.2, 0) is 38.4 Å². The molecule has 0 saturated carbocycles. The van der Waals surface area contributed by atoms with Gasteiger partial charge in [0.2, 0.25) is 0 Å². The zero-order valence-corrected chi connectivity index (χ0v) is 25.4. The van der Waals surface area contributed by atoms with E-state index in [1.807, 2.05) is 0 Å². The second kappa shape index (κ2) is 14.1. The lowest BCUT2D eigenvalue weighted by atomic mass is 9.84. The molecule has 3 aromatic rings. The van der Waals surface area contributed by atoms with E-state index in [2.05, 4.69) is 87.5 Å². The molecular formula is C37H48O4. The minimum absolute atomic E-state index is 0.228. The lowest BCUT2D eigenvalue weighted by molar-refractivity contribution is -0.152. The van der Waals surface area contributed by atoms with E-state index in [4.69, 9.17) is 18.9 Å². The first-order chi connectivity index (χ1) is 20.1. The van der Waals surface area contributed by atoms with Gasteiger partial charge in [-0.2, -0.15) is 0 Å². The summed E-state index contributed by atoms with van der Waals surface area (Å²) in [7, 11) is 0. The topological polar surface area (TPSA) is 36.9 Å². The Kier molecular flexibility index (Phi) is 10.3. The maximum Gasteiger partial charge on any atom is 0.0717 e. The summed E-state index contributed by atoms with van der Waals surface area (Å²) in [6.07, 6.45) is 6.55. The molecule has 0 aliphatic carbocycles. The monoisotopic (exact) mass is 556 g/mol. The van der Waals surface area contributed by atoms with Gasteiger partial charge in [-0.15, -0.1) is 0 Å². The van der Waals surface area contributed by atoms with Gasteiger partial charge in [0.05, 0.1) is 46.2 Å². The smallest absolute Gasteiger partial charge is 0.0717 e. The zero-order chi connectivity index (χ0) is 28.5. The van der Waals surface area contributed by atoms with Crippen molar-refractivity contribution >= 4 is 0 Å². The Balaban J connectivity index is 1.18. The first kappa shape index (κ1) is 30.0. The molecule has 0 unspecified atom stereocenters. The molecule has 4 nitrogen and oxygen atoms in total. The number of ether oxygens (including phenoxy) is 4. The maximum atomic E-state index is 6.07. The van der Waals surface area contributed by atoms with Crippen molar-refractivity contribution < 1.29 is 18.9 Å². The van der Waals surface area contributed by atoms with Gasteiger partial charge >= 0.3 is 0 Å². The molecule has 220 valence electrons. The average Bonchev–Trinajstić information content (AvgIpc) is 2.96. The van der Waals surface area contributed by atoms with Crippen LogP contribution in [0.4, 0.5) is 0 Å². The molecular weight excluding hydrogens is 508 g/mol. The molecule has 41 heavy (non-hydrogen) atoms. The van der Waals surface area contributed by atoms with Crippen molar-refractivity contribution in [3.05, 3.63) is 83.4 Å². The van der Waals surface area contributed by atoms with E-state index in [1.54, 1.807) is 0 Å². The molecule has 0 N–H and O–H groups in total. The van der Waals surface area contributed by atoms with Crippen LogP contribution >= 0.6 is 0 Å². The van der Waals surface area contributed by atoms with Crippen molar-refractivity contribution in [1.29, 1.82) is 0 Å². The van der Waals surface area contributed by atoms with E-state index in [9.17, 15) is 0 Å². The summed E-state index contributed by atoms with van der Waals surface area (Å²) in [5, 5.41) is 0. The largest absolute Gasteiger partial charge is 0.381 e. The van der Waals surface area contributed by atoms with Crippen LogP contribution in [0.1, 0.15) is 63.1 Å². The second-order valence-corrected chi connectivity index (χ2v) is 12.4. The number of benzene rings is 3. The molecule has 2 fully saturated rings. The normalized spacial score (nSPS) is 17.1. The Morgan fingerprint density at radius 2 is 1.12 bits per heavy atom. The molecule has 0 amide bonds. The Labute approximate surface area is 247 Å². The summed E-state index contributed by atoms with van der Waals surface area (Å²) < 4.78 is 22.9. The van der Waals surface area contributed by atoms with E-state index in [-0.39, 0.29) is 10.8 Å². The van der Waals surface area contributed by atoms with Crippen molar-refractivity contribution in [2.24, 2.45) is 10.8 Å². The van der Waals surface area contributed by atoms with Crippen LogP contribution in [0.3, 0.4) is 0 Å². The molecule has 5 rings (SSSR count). The van der Waals surface area contributed by atoms with Crippen LogP contribution in [0, 0.1) is 10.8 Å². The van der Waals surface area contributed by atoms with E-state index in [0.29, 0.717) is 6.61 Å². The highest BCUT2D eigenvalue weighted by Crippen LogP contribution is 2.33. The molecule has 2 heterocycles. The molecule has 2 saturated heterocycles. The summed E-state index contributed by atoms with van der Waals surface area (Å²) >= 11 is 0. The summed E-state index contributed by atoms with van der Waals surface area (Å²) in [5.74, 6) is 0. The fourth-order valence-corrected chi connectivity index (χ4v) is 5.73. The fraction of sp³-hybridized carbons (Fsp3) is 0.514. The predicted molar refractivity (Wildman–Crippen MR) is 167 cm³/mol. The van der Waals surface area contributed by atoms with Gasteiger partial charge in [-0.1, -0.05) is 87.9 Å². The van der Waals surface area contributed by atoms with Crippen molar-refractivity contribution in [2.45, 2.75) is 65.9 Å². The van der Waals surface area contributed by atoms with Gasteiger partial charge in [0, 0.05) is 17.4 Å². The zero-order valence-electron chi connectivity index (χ0n) is 25.4. The Morgan fingerprint density at radius 3 is 1.61 bits per heavy atom. The van der Waals surface area contributed by atoms with Gasteiger partial charge in [-0.3, -0.25) is 0 Å². The van der Waals surface area contributed by atoms with Crippen molar-refractivity contribution in [1.82, 2.24) is 0 Å². The Hall–Kier alpha value is -2.50. The van der Waals surface area contributed by atoms with E-state index in [0.717, 1.165) is 84.8 Å². The number of aryl methyl sites for hydroxylation is 2. The average molecular weight is 557 g/mol. The molecule has 2 aliphatic rings. The number of hydrogen-bond acceptors (Lipinski definition) is 4. The third-order valence-electron chi connectivity index (χ3n) is 9.08. The standard InChI is InChI=1S/C37H48O4/c1-4-8-31-19-34(32-14-10-29(11-15-32)9-7-18-38-23-36(5-2)25-40-26-36)21-35(20-31)33-16-12-30(13-17-33)22-39-24-37(6-3)27-41-28-37/h10-17,19-21H,4-9,18,22-28H2,1-3H3. The first-order valence-corrected chi connectivity index (χ1v) is 15.7. The van der Waals surface area contributed by atoms with Gasteiger partial charge < -0.3 is 18.9 Å². The van der Waals surface area contributed by atoms with Gasteiger partial charge in [-0.05, 0) is 77.1 Å². The van der Waals surface area contributed by atoms with Crippen molar-refractivity contribution in [2.75, 3.05) is 46.2 Å². The third kappa shape index (κ3) is 7.67. The van der Waals surface area contributed by atoms with E-state index >= 15 is 0 Å². The second-order valence-electron chi connectivity index (χ2n) is 12.4. The molecule has 0 atom stereocenters. The van der Waals surface area contributed by atoms with Gasteiger partial charge in [0.1, 0.15) is 0 Å². The number of rotatable bonds is 16. The van der Waals surface area contributed by atoms with Crippen LogP contribution in [0.5, 0.6) is 0 Å². The van der Waals surface area contributed by atoms with Gasteiger partial charge in [0.25, 0.3) is 0 Å². The molecule has 0 spiro atoms. The van der Waals surface area contributed by atoms with Crippen molar-refractivity contribution in [3.8, 4) is 22.3 Å². The first-order valence-electron chi connectivity index (χ1n) is 15.7. The molecule has 4 heteroatoms. The summed E-state index contributed by atoms with van der Waals surface area (Å²) in [5.41, 5.74) is 9.56. The highest BCUT2D eigenvalue weighted by molar-refractivity contribution is 5.74. The lowest BCUT2D eigenvalue weighted by Gasteiger charge is -2.40. The van der Waals surface area contributed by atoms with Crippen LogP contribution in [0.15, 0.2) is 66.7 Å². The minimum atomic E-state index is 0.228. The fourth-order valence-electron chi connectivity index (χ4n) is 5.73. The van der Waals surface area contributed by atoms with Crippen molar-refractivity contribution in [3.63, 3.8) is 0 Å². The molecule has 3 aromatic carbocycles. The van der Waals surface area contributed by atoms with Crippen LogP contribution in [0.2, 0.25) is 0 Å². The highest BCUT2D eigenvalue weighted by Gasteiger charge is 2.37. The van der Waals surface area contributed by atoms with Gasteiger partial charge in [-0.25, -0.2) is 0 Å². The van der Waals surface area contributed by atoms with Gasteiger partial charge in [0.15, 0.2) is 0 Å². The maximum absolute atomic E-state index is 6.07. The van der Waals surface area contributed by atoms with E-state index in [1.165, 1.54) is 38.9 Å². The summed E-state index contributed by atoms with van der Waals surface area (Å²) in [6, 6.07) is 25.1. The van der Waals surface area contributed by atoms with Crippen LogP contribution in [0.25, 0.3) is 22.3 Å². The Bertz CT molecular complexity index is 1210. The summed E-state index contributed by atoms with van der Waals surface area (Å²) in [4.78, 5) is 0. The quantitative estimate of drug-likeness (QED) is 0.166. The third-order valence-corrected chi connectivity index (χ3v) is 9.08. The van der Waals surface area contributed by atoms with Crippen LogP contribution < -0.4 is 0 Å². The minimum Gasteiger partial charge on any atom is -0.381 e. The molecule has 0 aromatic heterocycles. The molecule has 0 bridgehead atoms. The molecule has 2 aliphatic heterocycles. The van der Waals surface area contributed by atoms with E-state index < -0.39 is 0 Å². The lowest BCUT2D eigenvalue weighted by Crippen LogP contribution is -2.45. The van der Waals surface area contributed by atoms with Crippen LogP contribution in [-0.4, -0.2) is 46.2 Å². The highest BCUT2D eigenvalue weighted by atomic mass is 16.5. The molecule has 0 radical (unpaired) electrons. The number of hydrogen-bond donors (Lipinski definition) is 0. The Morgan fingerprint density at radius 1 is 0.585 bits per heavy atom. The predicted octanol–water partition coefficient (Wildman–Crippen LogP) is 8.29.